The number of likely N-dealkylation sites (N-methyl/N-ethyl adjacent to an activating group) is 1. The molecule has 0 N–H and O–H groups in total. The van der Waals surface area contributed by atoms with E-state index in [9.17, 15) is 19.0 Å². The highest BCUT2D eigenvalue weighted by molar-refractivity contribution is 7.45. The fraction of sp³-hybridized carbons (Fsp3) is 0.629. The third-order valence-electron chi connectivity index (χ3n) is 12.9. The van der Waals surface area contributed by atoms with Gasteiger partial charge in [0.25, 0.3) is 7.82 Å². The van der Waals surface area contributed by atoms with Gasteiger partial charge in [0.1, 0.15) is 19.8 Å². The number of hydrogen-bond donors (Lipinski definition) is 0. The van der Waals surface area contributed by atoms with Crippen molar-refractivity contribution >= 4 is 19.8 Å². The van der Waals surface area contributed by atoms with E-state index in [2.05, 4.69) is 160 Å². The van der Waals surface area contributed by atoms with Gasteiger partial charge in [-0.25, -0.2) is 0 Å². The first-order valence-electron chi connectivity index (χ1n) is 31.5. The van der Waals surface area contributed by atoms with E-state index in [-0.39, 0.29) is 26.1 Å². The Hall–Kier alpha value is -4.11. The van der Waals surface area contributed by atoms with Gasteiger partial charge in [-0.2, -0.15) is 0 Å². The maximum absolute atomic E-state index is 12.8. The Labute approximate surface area is 491 Å². The molecule has 0 heterocycles. The van der Waals surface area contributed by atoms with Crippen LogP contribution < -0.4 is 4.89 Å². The van der Waals surface area contributed by atoms with Crippen LogP contribution >= 0.6 is 7.82 Å². The van der Waals surface area contributed by atoms with Gasteiger partial charge in [-0.1, -0.05) is 250 Å². The standard InChI is InChI=1S/C70H116NO8P/c1-6-8-10-12-14-16-18-20-22-24-26-28-30-32-33-34-35-36-37-39-41-43-45-47-49-51-53-55-57-59-61-63-70(73)79-68(67-78-80(74,75)77-65-64-71(3,4)5)66-76-69(72)62-60-58-56-54-52-50-48-46-44-42-40-38-31-29-27-25-23-21-19-17-15-13-11-9-7-2/h8-11,14-17,20-23,26-29,32-33,35-36,39,41,45,47,68H,6-7,12-13,18-19,24-25,30-31,34,37-38,40,42-44,46,48-67H2,1-5H3/b10-8-,11-9-,16-14-,17-15-,22-20-,23-21-,28-26-,29-27-,33-32-,36-35-,41-39-,47-45-. The summed E-state index contributed by atoms with van der Waals surface area (Å²) in [7, 11) is 1.13. The monoisotopic (exact) mass is 1130 g/mol. The van der Waals surface area contributed by atoms with Gasteiger partial charge in [0.2, 0.25) is 0 Å². The van der Waals surface area contributed by atoms with Gasteiger partial charge in [-0.05, 0) is 116 Å². The van der Waals surface area contributed by atoms with E-state index in [1.54, 1.807) is 0 Å². The summed E-state index contributed by atoms with van der Waals surface area (Å²) >= 11 is 0. The number of unbranched alkanes of at least 4 members (excludes halogenated alkanes) is 18. The topological polar surface area (TPSA) is 111 Å². The molecular formula is C70H116NO8P. The molecule has 0 aliphatic rings. The number of ether oxygens (including phenoxy) is 2. The van der Waals surface area contributed by atoms with Gasteiger partial charge in [0.05, 0.1) is 27.7 Å². The van der Waals surface area contributed by atoms with Crippen molar-refractivity contribution < 1.29 is 42.1 Å². The first-order chi connectivity index (χ1) is 39.0. The maximum Gasteiger partial charge on any atom is 0.306 e. The number of nitrogens with zero attached hydrogens (tertiary/aromatic N) is 1. The van der Waals surface area contributed by atoms with E-state index in [1.807, 2.05) is 21.1 Å². The molecule has 0 aromatic heterocycles. The van der Waals surface area contributed by atoms with E-state index in [1.165, 1.54) is 57.8 Å². The number of hydrogen-bond acceptors (Lipinski definition) is 8. The quantitative estimate of drug-likeness (QED) is 0.0195. The zero-order valence-corrected chi connectivity index (χ0v) is 52.4. The second kappa shape index (κ2) is 59.5. The van der Waals surface area contributed by atoms with Crippen LogP contribution in [0.5, 0.6) is 0 Å². The summed E-state index contributed by atoms with van der Waals surface area (Å²) in [6, 6.07) is 0. The highest BCUT2D eigenvalue weighted by Gasteiger charge is 2.22. The third kappa shape index (κ3) is 63.1. The Balaban J connectivity index is 4.21. The normalized spacial score (nSPS) is 14.2. The third-order valence-corrected chi connectivity index (χ3v) is 13.8. The molecule has 80 heavy (non-hydrogen) atoms. The Bertz CT molecular complexity index is 1860. The zero-order chi connectivity index (χ0) is 58.4. The van der Waals surface area contributed by atoms with Crippen molar-refractivity contribution in [2.75, 3.05) is 47.5 Å². The number of esters is 2. The molecule has 0 aliphatic carbocycles. The average Bonchev–Trinajstić information content (AvgIpc) is 3.42. The molecule has 0 amide bonds. The summed E-state index contributed by atoms with van der Waals surface area (Å²) < 4.78 is 34.2. The van der Waals surface area contributed by atoms with E-state index in [4.69, 9.17) is 18.5 Å². The zero-order valence-electron chi connectivity index (χ0n) is 51.5. The largest absolute Gasteiger partial charge is 0.756 e. The molecule has 2 unspecified atom stereocenters. The molecule has 0 aromatic rings. The molecule has 10 heteroatoms. The number of phosphoric acid groups is 1. The summed E-state index contributed by atoms with van der Waals surface area (Å²) in [6.45, 7) is 3.98. The highest BCUT2D eigenvalue weighted by Crippen LogP contribution is 2.38. The highest BCUT2D eigenvalue weighted by atomic mass is 31.2. The predicted octanol–water partition coefficient (Wildman–Crippen LogP) is 19.6. The average molecular weight is 1130 g/mol. The number of phosphoric ester groups is 1. The molecule has 0 fully saturated rings. The molecule has 0 spiro atoms. The minimum Gasteiger partial charge on any atom is -0.756 e. The van der Waals surface area contributed by atoms with Gasteiger partial charge in [0.15, 0.2) is 6.10 Å². The summed E-state index contributed by atoms with van der Waals surface area (Å²) in [6.07, 6.45) is 87.5. The first-order valence-corrected chi connectivity index (χ1v) is 33.0. The second-order valence-electron chi connectivity index (χ2n) is 21.7. The molecule has 9 nitrogen and oxygen atoms in total. The van der Waals surface area contributed by atoms with Gasteiger partial charge < -0.3 is 27.9 Å². The van der Waals surface area contributed by atoms with Crippen LogP contribution in [0.4, 0.5) is 0 Å². The van der Waals surface area contributed by atoms with Crippen molar-refractivity contribution in [1.29, 1.82) is 0 Å². The van der Waals surface area contributed by atoms with Crippen molar-refractivity contribution in [3.05, 3.63) is 146 Å². The molecule has 0 saturated carbocycles. The lowest BCUT2D eigenvalue weighted by atomic mass is 10.0. The van der Waals surface area contributed by atoms with E-state index in [0.29, 0.717) is 17.4 Å². The minimum absolute atomic E-state index is 0.0422. The van der Waals surface area contributed by atoms with E-state index in [0.717, 1.165) is 141 Å². The van der Waals surface area contributed by atoms with Gasteiger partial charge in [-0.3, -0.25) is 14.2 Å². The van der Waals surface area contributed by atoms with Crippen LogP contribution in [0.1, 0.15) is 232 Å². The van der Waals surface area contributed by atoms with Crippen LogP contribution in [-0.2, 0) is 32.7 Å². The van der Waals surface area contributed by atoms with Crippen molar-refractivity contribution in [1.82, 2.24) is 0 Å². The Morgan fingerprint density at radius 3 is 1.00 bits per heavy atom. The van der Waals surface area contributed by atoms with Crippen LogP contribution in [0.3, 0.4) is 0 Å². The van der Waals surface area contributed by atoms with Crippen LogP contribution in [0.15, 0.2) is 146 Å². The molecule has 0 aromatic carbocycles. The van der Waals surface area contributed by atoms with Crippen molar-refractivity contribution in [2.24, 2.45) is 0 Å². The minimum atomic E-state index is -4.65. The fourth-order valence-corrected chi connectivity index (χ4v) is 8.80. The molecule has 2 atom stereocenters. The first kappa shape index (κ1) is 75.9. The molecule has 0 saturated heterocycles. The Morgan fingerprint density at radius 1 is 0.388 bits per heavy atom. The van der Waals surface area contributed by atoms with Crippen LogP contribution in [0.2, 0.25) is 0 Å². The van der Waals surface area contributed by atoms with Crippen molar-refractivity contribution in [2.45, 2.75) is 238 Å². The number of carbonyl (C=O) groups is 2. The van der Waals surface area contributed by atoms with Crippen molar-refractivity contribution in [3.8, 4) is 0 Å². The molecule has 0 bridgehead atoms. The van der Waals surface area contributed by atoms with E-state index < -0.39 is 32.5 Å². The Morgan fingerprint density at radius 2 is 0.675 bits per heavy atom. The predicted molar refractivity (Wildman–Crippen MR) is 341 cm³/mol. The van der Waals surface area contributed by atoms with Crippen molar-refractivity contribution in [3.63, 3.8) is 0 Å². The lowest BCUT2D eigenvalue weighted by molar-refractivity contribution is -0.870. The molecule has 454 valence electrons. The van der Waals surface area contributed by atoms with Gasteiger partial charge in [-0.15, -0.1) is 0 Å². The fourth-order valence-electron chi connectivity index (χ4n) is 8.07. The summed E-state index contributed by atoms with van der Waals surface area (Å²) in [5.41, 5.74) is 0. The summed E-state index contributed by atoms with van der Waals surface area (Å²) in [4.78, 5) is 38.0. The molecule has 0 radical (unpaired) electrons. The Kier molecular flexibility index (Phi) is 56.5. The number of carbonyl (C=O) groups excluding carboxylic acids is 2. The van der Waals surface area contributed by atoms with Gasteiger partial charge >= 0.3 is 11.9 Å². The van der Waals surface area contributed by atoms with E-state index >= 15 is 0 Å². The van der Waals surface area contributed by atoms with Crippen LogP contribution in [0, 0.1) is 0 Å². The SMILES string of the molecule is CC/C=C\C/C=C\C/C=C\C/C=C\C/C=C\C/C=C\C/C=C\C/C=C\CCCCCCCCC(=O)OC(COC(=O)CCCCCCCCCCCCCC/C=C\C/C=C\C/C=C\C/C=C\CC)COP(=O)([O-])OCC[N+](C)(C)C. The van der Waals surface area contributed by atoms with Crippen LogP contribution in [-0.4, -0.2) is 70.0 Å². The van der Waals surface area contributed by atoms with Gasteiger partial charge in [0, 0.05) is 12.8 Å². The lowest BCUT2D eigenvalue weighted by Gasteiger charge is -2.28. The number of rotatable bonds is 56. The molecular weight excluding hydrogens is 1010 g/mol. The van der Waals surface area contributed by atoms with Crippen LogP contribution in [0.25, 0.3) is 0 Å². The lowest BCUT2D eigenvalue weighted by Crippen LogP contribution is -2.37. The number of allylic oxidation sites excluding steroid dienone is 24. The smallest absolute Gasteiger partial charge is 0.306 e. The summed E-state index contributed by atoms with van der Waals surface area (Å²) in [5.74, 6) is -0.861. The maximum atomic E-state index is 12.8. The molecule has 0 rings (SSSR count). The second-order valence-corrected chi connectivity index (χ2v) is 23.1. The summed E-state index contributed by atoms with van der Waals surface area (Å²) in [5, 5.41) is 0. The molecule has 0 aliphatic heterocycles. The number of quaternary nitrogens is 1.